The van der Waals surface area contributed by atoms with Gasteiger partial charge in [0.25, 0.3) is 5.91 Å². The summed E-state index contributed by atoms with van der Waals surface area (Å²) in [5.74, 6) is -0.234. The van der Waals surface area contributed by atoms with Crippen molar-refractivity contribution in [1.82, 2.24) is 5.43 Å². The van der Waals surface area contributed by atoms with Gasteiger partial charge in [-0.1, -0.05) is 29.8 Å². The Morgan fingerprint density at radius 1 is 1.21 bits per heavy atom. The number of aryl methyl sites for hydroxylation is 1. The fourth-order valence-corrected chi connectivity index (χ4v) is 1.61. The second-order valence-electron chi connectivity index (χ2n) is 3.57. The largest absolute Gasteiger partial charge is 0.272 e. The van der Waals surface area contributed by atoms with Gasteiger partial charge in [-0.05, 0) is 19.4 Å². The maximum absolute atomic E-state index is 11.4. The highest BCUT2D eigenvalue weighted by atomic mass is 16.2. The summed E-state index contributed by atoms with van der Waals surface area (Å²) >= 11 is 0. The zero-order valence-corrected chi connectivity index (χ0v) is 8.24. The van der Waals surface area contributed by atoms with Gasteiger partial charge in [0.05, 0.1) is 5.71 Å². The standard InChI is InChI=1S/C11H12N2O/c1-7-3-5-9(6-4-7)10-8(2)12-13-11(10)14/h3-6,10H,1-2H3,(H,13,14). The number of carbonyl (C=O) groups excluding carboxylic acids is 1. The second kappa shape index (κ2) is 3.25. The van der Waals surface area contributed by atoms with Gasteiger partial charge < -0.3 is 0 Å². The Labute approximate surface area is 82.8 Å². The van der Waals surface area contributed by atoms with Crippen LogP contribution in [-0.2, 0) is 4.79 Å². The first-order chi connectivity index (χ1) is 6.68. The molecule has 1 N–H and O–H groups in total. The summed E-state index contributed by atoms with van der Waals surface area (Å²) in [4.78, 5) is 11.4. The van der Waals surface area contributed by atoms with Crippen molar-refractivity contribution in [2.75, 3.05) is 0 Å². The number of benzene rings is 1. The van der Waals surface area contributed by atoms with E-state index in [1.807, 2.05) is 38.1 Å². The average molecular weight is 188 g/mol. The topological polar surface area (TPSA) is 41.5 Å². The van der Waals surface area contributed by atoms with Crippen molar-refractivity contribution in [3.8, 4) is 0 Å². The zero-order chi connectivity index (χ0) is 10.1. The molecule has 1 aliphatic rings. The van der Waals surface area contributed by atoms with E-state index >= 15 is 0 Å². The van der Waals surface area contributed by atoms with Gasteiger partial charge in [-0.2, -0.15) is 5.10 Å². The molecule has 14 heavy (non-hydrogen) atoms. The molecule has 0 bridgehead atoms. The van der Waals surface area contributed by atoms with Gasteiger partial charge in [-0.25, -0.2) is 5.43 Å². The number of amides is 1. The van der Waals surface area contributed by atoms with E-state index in [1.54, 1.807) is 0 Å². The Hall–Kier alpha value is -1.64. The molecule has 1 aromatic rings. The lowest BCUT2D eigenvalue weighted by Crippen LogP contribution is -2.20. The smallest absolute Gasteiger partial charge is 0.253 e. The maximum atomic E-state index is 11.4. The molecule has 0 aliphatic carbocycles. The van der Waals surface area contributed by atoms with E-state index < -0.39 is 0 Å². The van der Waals surface area contributed by atoms with Crippen LogP contribution in [0.15, 0.2) is 29.4 Å². The number of hydrogen-bond acceptors (Lipinski definition) is 2. The molecule has 3 heteroatoms. The van der Waals surface area contributed by atoms with Gasteiger partial charge in [0.15, 0.2) is 0 Å². The monoisotopic (exact) mass is 188 g/mol. The molecule has 1 unspecified atom stereocenters. The highest BCUT2D eigenvalue weighted by molar-refractivity contribution is 6.11. The van der Waals surface area contributed by atoms with E-state index in [4.69, 9.17) is 0 Å². The first kappa shape index (κ1) is 8.94. The van der Waals surface area contributed by atoms with Crippen molar-refractivity contribution < 1.29 is 4.79 Å². The Bertz CT molecular complexity index is 392. The van der Waals surface area contributed by atoms with Crippen molar-refractivity contribution in [1.29, 1.82) is 0 Å². The minimum Gasteiger partial charge on any atom is -0.272 e. The summed E-state index contributed by atoms with van der Waals surface area (Å²) in [6, 6.07) is 7.97. The molecule has 3 nitrogen and oxygen atoms in total. The third-order valence-electron chi connectivity index (χ3n) is 2.43. The van der Waals surface area contributed by atoms with E-state index in [-0.39, 0.29) is 11.8 Å². The molecule has 1 atom stereocenters. The molecule has 1 heterocycles. The number of nitrogens with zero attached hydrogens (tertiary/aromatic N) is 1. The highest BCUT2D eigenvalue weighted by Crippen LogP contribution is 2.21. The normalized spacial score (nSPS) is 20.6. The number of hydrazone groups is 1. The molecule has 0 fully saturated rings. The van der Waals surface area contributed by atoms with E-state index in [1.165, 1.54) is 5.56 Å². The molecule has 0 aromatic heterocycles. The van der Waals surface area contributed by atoms with Crippen LogP contribution >= 0.6 is 0 Å². The van der Waals surface area contributed by atoms with E-state index in [9.17, 15) is 4.79 Å². The van der Waals surface area contributed by atoms with Crippen LogP contribution in [0.25, 0.3) is 0 Å². The molecular formula is C11H12N2O. The van der Waals surface area contributed by atoms with Crippen LogP contribution in [0.3, 0.4) is 0 Å². The van der Waals surface area contributed by atoms with E-state index in [0.29, 0.717) is 0 Å². The summed E-state index contributed by atoms with van der Waals surface area (Å²) < 4.78 is 0. The highest BCUT2D eigenvalue weighted by Gasteiger charge is 2.28. The van der Waals surface area contributed by atoms with Crippen LogP contribution in [0.2, 0.25) is 0 Å². The van der Waals surface area contributed by atoms with Crippen LogP contribution in [0.4, 0.5) is 0 Å². The molecule has 1 aromatic carbocycles. The molecular weight excluding hydrogens is 176 g/mol. The summed E-state index contributed by atoms with van der Waals surface area (Å²) in [7, 11) is 0. The SMILES string of the molecule is CC1=NNC(=O)C1c1ccc(C)cc1. The Morgan fingerprint density at radius 3 is 2.36 bits per heavy atom. The van der Waals surface area contributed by atoms with Crippen molar-refractivity contribution >= 4 is 11.6 Å². The maximum Gasteiger partial charge on any atom is 0.253 e. The van der Waals surface area contributed by atoms with Crippen molar-refractivity contribution in [3.63, 3.8) is 0 Å². The molecule has 0 saturated heterocycles. The lowest BCUT2D eigenvalue weighted by molar-refractivity contribution is -0.120. The van der Waals surface area contributed by atoms with Gasteiger partial charge in [-0.3, -0.25) is 4.79 Å². The number of hydrogen-bond donors (Lipinski definition) is 1. The molecule has 0 saturated carbocycles. The third kappa shape index (κ3) is 1.41. The van der Waals surface area contributed by atoms with Crippen molar-refractivity contribution in [2.24, 2.45) is 5.10 Å². The predicted molar refractivity (Wildman–Crippen MR) is 55.2 cm³/mol. The zero-order valence-electron chi connectivity index (χ0n) is 8.24. The fourth-order valence-electron chi connectivity index (χ4n) is 1.61. The molecule has 1 aliphatic heterocycles. The van der Waals surface area contributed by atoms with Crippen LogP contribution < -0.4 is 5.43 Å². The lowest BCUT2D eigenvalue weighted by atomic mass is 9.94. The van der Waals surface area contributed by atoms with Crippen LogP contribution in [-0.4, -0.2) is 11.6 Å². The fraction of sp³-hybridized carbons (Fsp3) is 0.273. The van der Waals surface area contributed by atoms with Crippen molar-refractivity contribution in [2.45, 2.75) is 19.8 Å². The van der Waals surface area contributed by atoms with Gasteiger partial charge in [0, 0.05) is 0 Å². The first-order valence-corrected chi connectivity index (χ1v) is 4.59. The van der Waals surface area contributed by atoms with Gasteiger partial charge in [0.1, 0.15) is 5.92 Å². The average Bonchev–Trinajstić information content (AvgIpc) is 2.49. The molecule has 1 amide bonds. The van der Waals surface area contributed by atoms with E-state index in [0.717, 1.165) is 11.3 Å². The quantitative estimate of drug-likeness (QED) is 0.714. The van der Waals surface area contributed by atoms with E-state index in [2.05, 4.69) is 10.5 Å². The Kier molecular flexibility index (Phi) is 2.08. The molecule has 2 rings (SSSR count). The van der Waals surface area contributed by atoms with Crippen LogP contribution in [0.5, 0.6) is 0 Å². The van der Waals surface area contributed by atoms with Crippen LogP contribution in [0, 0.1) is 6.92 Å². The number of carbonyl (C=O) groups is 1. The van der Waals surface area contributed by atoms with Gasteiger partial charge >= 0.3 is 0 Å². The summed E-state index contributed by atoms with van der Waals surface area (Å²) in [5, 5.41) is 3.91. The summed E-state index contributed by atoms with van der Waals surface area (Å²) in [6.07, 6.45) is 0. The minimum absolute atomic E-state index is 0.0358. The number of nitrogens with one attached hydrogen (secondary N) is 1. The first-order valence-electron chi connectivity index (χ1n) is 4.59. The lowest BCUT2D eigenvalue weighted by Gasteiger charge is -2.07. The Morgan fingerprint density at radius 2 is 1.86 bits per heavy atom. The molecule has 0 spiro atoms. The third-order valence-corrected chi connectivity index (χ3v) is 2.43. The van der Waals surface area contributed by atoms with Gasteiger partial charge in [0.2, 0.25) is 0 Å². The van der Waals surface area contributed by atoms with Crippen LogP contribution in [0.1, 0.15) is 24.0 Å². The number of rotatable bonds is 1. The molecule has 72 valence electrons. The predicted octanol–water partition coefficient (Wildman–Crippen LogP) is 1.58. The molecule has 0 radical (unpaired) electrons. The minimum atomic E-state index is -0.199. The van der Waals surface area contributed by atoms with Gasteiger partial charge in [-0.15, -0.1) is 0 Å². The van der Waals surface area contributed by atoms with Crippen molar-refractivity contribution in [3.05, 3.63) is 35.4 Å². The Balaban J connectivity index is 2.35. The second-order valence-corrected chi connectivity index (χ2v) is 3.57. The summed E-state index contributed by atoms with van der Waals surface area (Å²) in [5.41, 5.74) is 5.52. The summed E-state index contributed by atoms with van der Waals surface area (Å²) in [6.45, 7) is 3.89.